The quantitative estimate of drug-likeness (QED) is 0.543. The van der Waals surface area contributed by atoms with Crippen molar-refractivity contribution in [3.8, 4) is 6.07 Å². The van der Waals surface area contributed by atoms with Crippen molar-refractivity contribution in [1.29, 1.82) is 5.26 Å². The molecule has 0 saturated heterocycles. The minimum atomic E-state index is -3.74. The van der Waals surface area contributed by atoms with E-state index in [0.29, 0.717) is 25.1 Å². The monoisotopic (exact) mass is 429 g/mol. The third kappa shape index (κ3) is 6.24. The van der Waals surface area contributed by atoms with E-state index in [2.05, 4.69) is 12.6 Å². The van der Waals surface area contributed by atoms with E-state index in [-0.39, 0.29) is 23.8 Å². The minimum Gasteiger partial charge on any atom is -0.335 e. The van der Waals surface area contributed by atoms with Gasteiger partial charge in [-0.3, -0.25) is 4.79 Å². The molecule has 0 aliphatic rings. The van der Waals surface area contributed by atoms with E-state index in [1.165, 1.54) is 19.2 Å². The summed E-state index contributed by atoms with van der Waals surface area (Å²) in [5.74, 6) is -0.626. The largest absolute Gasteiger partial charge is 0.335 e. The Balaban J connectivity index is 1.93. The van der Waals surface area contributed by atoms with Crippen molar-refractivity contribution in [2.75, 3.05) is 20.1 Å². The molecule has 6 nitrogen and oxygen atoms in total. The lowest BCUT2D eigenvalue weighted by atomic mass is 10.1. The van der Waals surface area contributed by atoms with Crippen molar-refractivity contribution in [3.63, 3.8) is 0 Å². The number of nitrogens with zero attached hydrogens (tertiary/aromatic N) is 3. The van der Waals surface area contributed by atoms with Gasteiger partial charge in [0.1, 0.15) is 5.82 Å². The highest BCUT2D eigenvalue weighted by Crippen LogP contribution is 2.16. The van der Waals surface area contributed by atoms with Gasteiger partial charge in [0.15, 0.2) is 0 Å². The number of benzene rings is 2. The summed E-state index contributed by atoms with van der Waals surface area (Å²) in [5.41, 5.74) is 1.44. The van der Waals surface area contributed by atoms with Crippen LogP contribution in [0.25, 0.3) is 0 Å². The van der Waals surface area contributed by atoms with Crippen LogP contribution < -0.4 is 0 Å². The number of hydrogen-bond donors (Lipinski definition) is 0. The Morgan fingerprint density at radius 1 is 1.17 bits per heavy atom. The summed E-state index contributed by atoms with van der Waals surface area (Å²) in [6.07, 6.45) is 2.15. The highest BCUT2D eigenvalue weighted by atomic mass is 32.2. The van der Waals surface area contributed by atoms with Gasteiger partial charge in [0.2, 0.25) is 15.9 Å². The minimum absolute atomic E-state index is 0.00632. The molecule has 0 saturated carbocycles. The molecule has 30 heavy (non-hydrogen) atoms. The number of halogens is 1. The molecule has 0 radical (unpaired) electrons. The zero-order chi connectivity index (χ0) is 22.1. The van der Waals surface area contributed by atoms with Crippen molar-refractivity contribution in [2.24, 2.45) is 0 Å². The molecular weight excluding hydrogens is 405 g/mol. The zero-order valence-electron chi connectivity index (χ0n) is 16.8. The number of carbonyl (C=O) groups excluding carboxylic acids is 1. The first-order chi connectivity index (χ1) is 14.3. The Hall–Kier alpha value is -3.02. The van der Waals surface area contributed by atoms with Crippen LogP contribution in [0.3, 0.4) is 0 Å². The molecule has 0 spiro atoms. The molecule has 0 unspecified atom stereocenters. The maximum absolute atomic E-state index is 13.0. The topological polar surface area (TPSA) is 81.5 Å². The van der Waals surface area contributed by atoms with Crippen LogP contribution in [0, 0.1) is 17.1 Å². The van der Waals surface area contributed by atoms with Crippen molar-refractivity contribution in [3.05, 3.63) is 78.1 Å². The Kier molecular flexibility index (Phi) is 8.27. The molecule has 2 rings (SSSR count). The first kappa shape index (κ1) is 23.3. The van der Waals surface area contributed by atoms with Crippen LogP contribution in [0.15, 0.2) is 66.1 Å². The van der Waals surface area contributed by atoms with Crippen LogP contribution in [0.1, 0.15) is 24.0 Å². The normalized spacial score (nSPS) is 11.1. The zero-order valence-corrected chi connectivity index (χ0v) is 17.6. The van der Waals surface area contributed by atoms with Gasteiger partial charge in [0, 0.05) is 33.1 Å². The van der Waals surface area contributed by atoms with E-state index in [1.54, 1.807) is 35.2 Å². The smallest absolute Gasteiger partial charge is 0.242 e. The molecule has 0 aromatic heterocycles. The van der Waals surface area contributed by atoms with Gasteiger partial charge in [-0.15, -0.1) is 6.58 Å². The van der Waals surface area contributed by atoms with E-state index in [4.69, 9.17) is 5.26 Å². The third-order valence-electron chi connectivity index (χ3n) is 4.54. The fourth-order valence-corrected chi connectivity index (χ4v) is 4.04. The molecule has 2 aromatic rings. The Morgan fingerprint density at radius 3 is 2.37 bits per heavy atom. The number of nitriles is 1. The fraction of sp³-hybridized carbons (Fsp3) is 0.273. The highest BCUT2D eigenvalue weighted by molar-refractivity contribution is 7.89. The van der Waals surface area contributed by atoms with Gasteiger partial charge in [-0.05, 0) is 48.4 Å². The highest BCUT2D eigenvalue weighted by Gasteiger charge is 2.21. The number of rotatable bonds is 10. The van der Waals surface area contributed by atoms with E-state index < -0.39 is 15.8 Å². The summed E-state index contributed by atoms with van der Waals surface area (Å²) in [6, 6.07) is 13.7. The SMILES string of the molecule is C=CCN(Cc1ccc(C#N)cc1)C(=O)CCCN(C)S(=O)(=O)c1ccc(F)cc1. The van der Waals surface area contributed by atoms with E-state index in [0.717, 1.165) is 22.0 Å². The first-order valence-electron chi connectivity index (χ1n) is 9.37. The van der Waals surface area contributed by atoms with Crippen molar-refractivity contribution in [2.45, 2.75) is 24.3 Å². The molecule has 158 valence electrons. The Labute approximate surface area is 176 Å². The third-order valence-corrected chi connectivity index (χ3v) is 6.42. The predicted octanol–water partition coefficient (Wildman–Crippen LogP) is 3.31. The van der Waals surface area contributed by atoms with Crippen LogP contribution in [0.2, 0.25) is 0 Å². The van der Waals surface area contributed by atoms with Crippen molar-refractivity contribution < 1.29 is 17.6 Å². The van der Waals surface area contributed by atoms with Gasteiger partial charge in [-0.25, -0.2) is 17.1 Å². The molecule has 0 atom stereocenters. The van der Waals surface area contributed by atoms with Crippen LogP contribution in [-0.2, 0) is 21.4 Å². The first-order valence-corrected chi connectivity index (χ1v) is 10.8. The molecule has 2 aromatic carbocycles. The molecule has 0 N–H and O–H groups in total. The van der Waals surface area contributed by atoms with Gasteiger partial charge in [0.05, 0.1) is 16.5 Å². The second kappa shape index (κ2) is 10.7. The Bertz CT molecular complexity index is 1010. The van der Waals surface area contributed by atoms with Gasteiger partial charge in [-0.1, -0.05) is 18.2 Å². The summed E-state index contributed by atoms with van der Waals surface area (Å²) in [4.78, 5) is 14.2. The maximum atomic E-state index is 13.0. The molecule has 0 aliphatic carbocycles. The van der Waals surface area contributed by atoms with Crippen LogP contribution in [-0.4, -0.2) is 43.7 Å². The summed E-state index contributed by atoms with van der Waals surface area (Å²) in [6.45, 7) is 4.58. The van der Waals surface area contributed by atoms with Crippen LogP contribution in [0.5, 0.6) is 0 Å². The molecule has 0 aliphatic heterocycles. The maximum Gasteiger partial charge on any atom is 0.242 e. The molecule has 8 heteroatoms. The van der Waals surface area contributed by atoms with E-state index in [1.807, 2.05) is 0 Å². The van der Waals surface area contributed by atoms with Gasteiger partial charge >= 0.3 is 0 Å². The molecular formula is C22H24FN3O3S. The average Bonchev–Trinajstić information content (AvgIpc) is 2.74. The van der Waals surface area contributed by atoms with E-state index >= 15 is 0 Å². The predicted molar refractivity (Wildman–Crippen MR) is 112 cm³/mol. The summed E-state index contributed by atoms with van der Waals surface area (Å²) in [5, 5.41) is 8.88. The number of hydrogen-bond acceptors (Lipinski definition) is 4. The molecule has 0 heterocycles. The standard InChI is InChI=1S/C22H24FN3O3S/c1-3-14-26(17-19-8-6-18(16-24)7-9-19)22(27)5-4-15-25(2)30(28,29)21-12-10-20(23)11-13-21/h3,6-13H,1,4-5,14-15,17H2,2H3. The number of amides is 1. The number of carbonyl (C=O) groups is 1. The van der Waals surface area contributed by atoms with Gasteiger partial charge in [0.25, 0.3) is 0 Å². The van der Waals surface area contributed by atoms with Crippen molar-refractivity contribution in [1.82, 2.24) is 9.21 Å². The molecule has 0 fully saturated rings. The lowest BCUT2D eigenvalue weighted by Gasteiger charge is -2.22. The summed E-state index contributed by atoms with van der Waals surface area (Å²) >= 11 is 0. The second-order valence-corrected chi connectivity index (χ2v) is 8.80. The number of sulfonamides is 1. The average molecular weight is 430 g/mol. The second-order valence-electron chi connectivity index (χ2n) is 6.76. The van der Waals surface area contributed by atoms with Crippen LogP contribution >= 0.6 is 0 Å². The van der Waals surface area contributed by atoms with Gasteiger partial charge < -0.3 is 4.90 Å². The lowest BCUT2D eigenvalue weighted by Crippen LogP contribution is -2.32. The van der Waals surface area contributed by atoms with Crippen LogP contribution in [0.4, 0.5) is 4.39 Å². The summed E-state index contributed by atoms with van der Waals surface area (Å²) in [7, 11) is -2.31. The van der Waals surface area contributed by atoms with Crippen molar-refractivity contribution >= 4 is 15.9 Å². The molecule has 1 amide bonds. The lowest BCUT2D eigenvalue weighted by molar-refractivity contribution is -0.131. The molecule has 0 bridgehead atoms. The Morgan fingerprint density at radius 2 is 1.80 bits per heavy atom. The van der Waals surface area contributed by atoms with Gasteiger partial charge in [-0.2, -0.15) is 5.26 Å². The fourth-order valence-electron chi connectivity index (χ4n) is 2.83. The summed E-state index contributed by atoms with van der Waals surface area (Å²) < 4.78 is 39.2. The van der Waals surface area contributed by atoms with E-state index in [9.17, 15) is 17.6 Å².